The van der Waals surface area contributed by atoms with Gasteiger partial charge in [-0.15, -0.1) is 6.58 Å². The average molecular weight is 410 g/mol. The number of carboxylic acids is 2. The maximum absolute atomic E-state index is 10.9. The predicted molar refractivity (Wildman–Crippen MR) is 115 cm³/mol. The van der Waals surface area contributed by atoms with Crippen molar-refractivity contribution < 1.29 is 29.3 Å². The van der Waals surface area contributed by atoms with E-state index in [1.165, 1.54) is 0 Å². The van der Waals surface area contributed by atoms with E-state index in [0.29, 0.717) is 24.5 Å². The van der Waals surface area contributed by atoms with Crippen LogP contribution >= 0.6 is 0 Å². The second-order valence-corrected chi connectivity index (χ2v) is 6.62. The van der Waals surface area contributed by atoms with Crippen molar-refractivity contribution in [3.63, 3.8) is 0 Å². The summed E-state index contributed by atoms with van der Waals surface area (Å²) in [5, 5.41) is 17.9. The van der Waals surface area contributed by atoms with Gasteiger partial charge in [-0.2, -0.15) is 0 Å². The first-order valence-electron chi connectivity index (χ1n) is 9.70. The maximum atomic E-state index is 10.9. The number of unbranched alkanes of at least 4 members (excludes halogenated alkanes) is 2. The number of hydrogen-bond acceptors (Lipinski definition) is 4. The normalized spacial score (nSPS) is 10.7. The van der Waals surface area contributed by atoms with Crippen molar-refractivity contribution in [1.82, 2.24) is 0 Å². The van der Waals surface area contributed by atoms with Crippen LogP contribution in [0.5, 0.6) is 11.5 Å². The van der Waals surface area contributed by atoms with Gasteiger partial charge in [0.2, 0.25) is 0 Å². The fraction of sp³-hybridized carbons (Fsp3) is 0.250. The number of carbonyl (C=O) groups is 2. The van der Waals surface area contributed by atoms with Gasteiger partial charge in [-0.1, -0.05) is 36.4 Å². The lowest BCUT2D eigenvalue weighted by Gasteiger charge is -2.12. The lowest BCUT2D eigenvalue weighted by atomic mass is 10.1. The van der Waals surface area contributed by atoms with Crippen LogP contribution in [0.2, 0.25) is 0 Å². The summed E-state index contributed by atoms with van der Waals surface area (Å²) in [6, 6.07) is 12.0. The lowest BCUT2D eigenvalue weighted by Crippen LogP contribution is -2.10. The number of aromatic carboxylic acids is 1. The van der Waals surface area contributed by atoms with Crippen LogP contribution in [0.3, 0.4) is 0 Å². The number of rotatable bonds is 13. The van der Waals surface area contributed by atoms with E-state index in [2.05, 4.69) is 6.58 Å². The van der Waals surface area contributed by atoms with Gasteiger partial charge in [-0.05, 0) is 55.0 Å². The zero-order chi connectivity index (χ0) is 21.8. The smallest absolute Gasteiger partial charge is 0.341 e. The summed E-state index contributed by atoms with van der Waals surface area (Å²) in [5.41, 5.74) is 1.93. The van der Waals surface area contributed by atoms with Crippen molar-refractivity contribution in [3.8, 4) is 11.5 Å². The molecule has 0 aliphatic rings. The minimum atomic E-state index is -1.05. The van der Waals surface area contributed by atoms with Gasteiger partial charge in [0.1, 0.15) is 11.5 Å². The molecule has 0 aliphatic heterocycles. The van der Waals surface area contributed by atoms with Gasteiger partial charge in [0.15, 0.2) is 6.61 Å². The van der Waals surface area contributed by atoms with Crippen molar-refractivity contribution in [2.45, 2.75) is 25.7 Å². The third-order valence-corrected chi connectivity index (χ3v) is 4.27. The standard InChI is InChI=1S/C24H26O6/c1-2-3-4-5-15-29-21-14-13-19(22(16-21)30-17-23(25)26)8-6-7-18-9-11-20(12-10-18)24(27)28/h2,6-7,9-14,16H,1,3-5,8,15,17H2,(H,25,26)(H,27,28). The molecular formula is C24H26O6. The highest BCUT2D eigenvalue weighted by atomic mass is 16.5. The molecule has 0 aromatic heterocycles. The van der Waals surface area contributed by atoms with Crippen LogP contribution in [-0.4, -0.2) is 35.4 Å². The first-order valence-corrected chi connectivity index (χ1v) is 9.70. The van der Waals surface area contributed by atoms with Crippen molar-refractivity contribution >= 4 is 18.0 Å². The largest absolute Gasteiger partial charge is 0.493 e. The molecule has 2 aromatic carbocycles. The molecule has 2 rings (SSSR count). The van der Waals surface area contributed by atoms with E-state index < -0.39 is 18.5 Å². The third kappa shape index (κ3) is 7.83. The summed E-state index contributed by atoms with van der Waals surface area (Å²) in [5.74, 6) is -0.919. The molecule has 0 heterocycles. The van der Waals surface area contributed by atoms with Gasteiger partial charge in [0.05, 0.1) is 12.2 Å². The Kier molecular flexibility index (Phi) is 9.18. The summed E-state index contributed by atoms with van der Waals surface area (Å²) >= 11 is 0. The topological polar surface area (TPSA) is 93.1 Å². The predicted octanol–water partition coefficient (Wildman–Crippen LogP) is 4.84. The van der Waals surface area contributed by atoms with Gasteiger partial charge in [-0.25, -0.2) is 9.59 Å². The van der Waals surface area contributed by atoms with Crippen molar-refractivity contribution in [2.24, 2.45) is 0 Å². The molecule has 30 heavy (non-hydrogen) atoms. The Morgan fingerprint density at radius 3 is 2.43 bits per heavy atom. The van der Waals surface area contributed by atoms with E-state index in [1.54, 1.807) is 30.3 Å². The number of aliphatic carboxylic acids is 1. The molecule has 0 amide bonds. The highest BCUT2D eigenvalue weighted by Gasteiger charge is 2.08. The molecule has 2 aromatic rings. The Morgan fingerprint density at radius 1 is 1.00 bits per heavy atom. The summed E-state index contributed by atoms with van der Waals surface area (Å²) in [4.78, 5) is 21.8. The van der Waals surface area contributed by atoms with Crippen LogP contribution in [0, 0.1) is 0 Å². The Morgan fingerprint density at radius 2 is 1.77 bits per heavy atom. The zero-order valence-corrected chi connectivity index (χ0v) is 16.8. The first kappa shape index (κ1) is 22.7. The summed E-state index contributed by atoms with van der Waals surface area (Å²) in [6.45, 7) is 3.83. The number of hydrogen-bond donors (Lipinski definition) is 2. The van der Waals surface area contributed by atoms with Crippen molar-refractivity contribution in [1.29, 1.82) is 0 Å². The number of ether oxygens (including phenoxy) is 2. The molecule has 0 spiro atoms. The zero-order valence-electron chi connectivity index (χ0n) is 16.8. The van der Waals surface area contributed by atoms with Gasteiger partial charge < -0.3 is 19.7 Å². The number of carboxylic acid groups (broad SMARTS) is 2. The maximum Gasteiger partial charge on any atom is 0.341 e. The van der Waals surface area contributed by atoms with Crippen LogP contribution in [0.15, 0.2) is 61.2 Å². The van der Waals surface area contributed by atoms with E-state index in [9.17, 15) is 9.59 Å². The van der Waals surface area contributed by atoms with E-state index in [4.69, 9.17) is 19.7 Å². The quantitative estimate of drug-likeness (QED) is 0.363. The third-order valence-electron chi connectivity index (χ3n) is 4.27. The van der Waals surface area contributed by atoms with Crippen molar-refractivity contribution in [3.05, 3.63) is 77.9 Å². The number of benzene rings is 2. The fourth-order valence-electron chi connectivity index (χ4n) is 2.71. The van der Waals surface area contributed by atoms with E-state index in [0.717, 1.165) is 30.4 Å². The summed E-state index contributed by atoms with van der Waals surface area (Å²) in [6.07, 6.45) is 9.03. The molecule has 6 nitrogen and oxygen atoms in total. The Bertz CT molecular complexity index is 883. The van der Waals surface area contributed by atoms with E-state index in [1.807, 2.05) is 30.4 Å². The number of allylic oxidation sites excluding steroid dienone is 2. The molecule has 158 valence electrons. The molecule has 0 unspecified atom stereocenters. The van der Waals surface area contributed by atoms with Gasteiger partial charge in [0.25, 0.3) is 0 Å². The molecule has 0 saturated carbocycles. The first-order chi connectivity index (χ1) is 14.5. The Labute approximate surface area is 176 Å². The molecule has 0 radical (unpaired) electrons. The second kappa shape index (κ2) is 12.1. The molecule has 6 heteroatoms. The Hall–Kier alpha value is -3.54. The molecule has 0 fully saturated rings. The van der Waals surface area contributed by atoms with Crippen LogP contribution in [0.25, 0.3) is 6.08 Å². The SMILES string of the molecule is C=CCCCCOc1ccc(CC=Cc2ccc(C(=O)O)cc2)c(OCC(=O)O)c1. The molecule has 0 saturated heterocycles. The average Bonchev–Trinajstić information content (AvgIpc) is 2.73. The summed E-state index contributed by atoms with van der Waals surface area (Å²) in [7, 11) is 0. The molecule has 0 bridgehead atoms. The fourth-order valence-corrected chi connectivity index (χ4v) is 2.71. The highest BCUT2D eigenvalue weighted by molar-refractivity contribution is 5.87. The van der Waals surface area contributed by atoms with E-state index in [-0.39, 0.29) is 5.56 Å². The monoisotopic (exact) mass is 410 g/mol. The van der Waals surface area contributed by atoms with Gasteiger partial charge in [-0.3, -0.25) is 0 Å². The second-order valence-electron chi connectivity index (χ2n) is 6.62. The minimum absolute atomic E-state index is 0.233. The van der Waals surface area contributed by atoms with Crippen LogP contribution in [-0.2, 0) is 11.2 Å². The van der Waals surface area contributed by atoms with Crippen molar-refractivity contribution in [2.75, 3.05) is 13.2 Å². The minimum Gasteiger partial charge on any atom is -0.493 e. The van der Waals surface area contributed by atoms with Crippen LogP contribution in [0.4, 0.5) is 0 Å². The Balaban J connectivity index is 2.03. The van der Waals surface area contributed by atoms with Crippen LogP contribution in [0.1, 0.15) is 40.7 Å². The summed E-state index contributed by atoms with van der Waals surface area (Å²) < 4.78 is 11.2. The molecule has 0 aliphatic carbocycles. The molecule has 0 atom stereocenters. The molecule has 2 N–H and O–H groups in total. The lowest BCUT2D eigenvalue weighted by molar-refractivity contribution is -0.139. The highest BCUT2D eigenvalue weighted by Crippen LogP contribution is 2.26. The van der Waals surface area contributed by atoms with Crippen LogP contribution < -0.4 is 9.47 Å². The van der Waals surface area contributed by atoms with Gasteiger partial charge in [0, 0.05) is 6.07 Å². The van der Waals surface area contributed by atoms with E-state index >= 15 is 0 Å². The van der Waals surface area contributed by atoms with Gasteiger partial charge >= 0.3 is 11.9 Å². The molecular weight excluding hydrogens is 384 g/mol.